The van der Waals surface area contributed by atoms with Crippen LogP contribution in [0.1, 0.15) is 53.4 Å². The summed E-state index contributed by atoms with van der Waals surface area (Å²) >= 11 is 5.56. The normalized spacial score (nSPS) is 30.1. The summed E-state index contributed by atoms with van der Waals surface area (Å²) in [5.41, 5.74) is 0. The topological polar surface area (TPSA) is 213 Å². The van der Waals surface area contributed by atoms with E-state index in [-0.39, 0.29) is 31.8 Å². The van der Waals surface area contributed by atoms with Gasteiger partial charge < -0.3 is 48.7 Å². The number of thiocarbonyl (C=S) groups is 1. The number of methoxy groups -OCH3 is 2. The zero-order valence-electron chi connectivity index (χ0n) is 27.7. The Morgan fingerprint density at radius 2 is 1.55 bits per heavy atom. The first kappa shape index (κ1) is 40.9. The first-order valence-electron chi connectivity index (χ1n) is 15.0. The van der Waals surface area contributed by atoms with E-state index in [0.29, 0.717) is 30.7 Å². The van der Waals surface area contributed by atoms with Gasteiger partial charge in [0.25, 0.3) is 0 Å². The number of ether oxygens (including phenoxy) is 7. The number of carbonyl (C=O) groups excluding carboxylic acids is 4. The first-order valence-corrected chi connectivity index (χ1v) is 16.9. The minimum Gasteiger partial charge on any atom is -0.463 e. The first-order chi connectivity index (χ1) is 22.1. The molecule has 0 spiro atoms. The molecule has 2 unspecified atom stereocenters. The van der Waals surface area contributed by atoms with Crippen LogP contribution < -0.4 is 10.6 Å². The van der Waals surface area contributed by atoms with Gasteiger partial charge in [0.2, 0.25) is 5.91 Å². The van der Waals surface area contributed by atoms with Crippen LogP contribution in [0.4, 0.5) is 0 Å². The van der Waals surface area contributed by atoms with Gasteiger partial charge in [0.15, 0.2) is 18.5 Å². The highest BCUT2D eigenvalue weighted by molar-refractivity contribution is 7.80. The second-order valence-corrected chi connectivity index (χ2v) is 13.1. The number of carbonyl (C=O) groups is 4. The number of amides is 1. The third-order valence-electron chi connectivity index (χ3n) is 7.38. The van der Waals surface area contributed by atoms with E-state index < -0.39 is 74.5 Å². The molecule has 1 aliphatic carbocycles. The van der Waals surface area contributed by atoms with Crippen molar-refractivity contribution in [2.75, 3.05) is 41.2 Å². The van der Waals surface area contributed by atoms with Crippen LogP contribution in [0.25, 0.3) is 0 Å². The molecule has 19 heteroatoms. The second-order valence-electron chi connectivity index (χ2n) is 11.1. The zero-order chi connectivity index (χ0) is 35.3. The van der Waals surface area contributed by atoms with Gasteiger partial charge in [0.05, 0.1) is 17.6 Å². The lowest BCUT2D eigenvalue weighted by atomic mass is 9.96. The number of phosphoric ester groups is 1. The molecule has 1 saturated heterocycles. The van der Waals surface area contributed by atoms with Crippen LogP contribution in [0, 0.1) is 5.92 Å². The Labute approximate surface area is 279 Å². The van der Waals surface area contributed by atoms with E-state index in [0.717, 1.165) is 21.0 Å². The number of rotatable bonds is 18. The van der Waals surface area contributed by atoms with Crippen LogP contribution in [0.5, 0.6) is 0 Å². The predicted octanol–water partition coefficient (Wildman–Crippen LogP) is 0.928. The second kappa shape index (κ2) is 19.7. The van der Waals surface area contributed by atoms with Gasteiger partial charge in [-0.3, -0.25) is 28.2 Å². The number of esters is 3. The molecule has 1 heterocycles. The maximum absolute atomic E-state index is 12.1. The lowest BCUT2D eigenvalue weighted by Gasteiger charge is -2.44. The molecule has 0 aromatic carbocycles. The summed E-state index contributed by atoms with van der Waals surface area (Å²) < 4.78 is 60.9. The van der Waals surface area contributed by atoms with Gasteiger partial charge in [0, 0.05) is 61.5 Å². The minimum absolute atomic E-state index is 0.132. The van der Waals surface area contributed by atoms with Crippen molar-refractivity contribution in [3.8, 4) is 0 Å². The van der Waals surface area contributed by atoms with E-state index in [1.807, 2.05) is 0 Å². The van der Waals surface area contributed by atoms with Crippen LogP contribution in [-0.2, 0) is 65.9 Å². The van der Waals surface area contributed by atoms with Gasteiger partial charge in [-0.15, -0.1) is 0 Å². The Morgan fingerprint density at radius 1 is 0.894 bits per heavy atom. The predicted molar refractivity (Wildman–Crippen MR) is 166 cm³/mol. The van der Waals surface area contributed by atoms with Crippen molar-refractivity contribution in [3.63, 3.8) is 0 Å². The smallest absolute Gasteiger partial charge is 0.463 e. The molecule has 0 aromatic rings. The summed E-state index contributed by atoms with van der Waals surface area (Å²) in [6.07, 6.45) is -4.02. The Kier molecular flexibility index (Phi) is 17.1. The molecule has 2 aliphatic rings. The van der Waals surface area contributed by atoms with Crippen molar-refractivity contribution in [1.82, 2.24) is 10.6 Å². The molecule has 10 atom stereocenters. The maximum atomic E-state index is 12.1. The van der Waals surface area contributed by atoms with E-state index in [9.17, 15) is 28.6 Å². The molecule has 47 heavy (non-hydrogen) atoms. The minimum atomic E-state index is -4.29. The molecule has 0 bridgehead atoms. The number of phosphoric acid groups is 1. The van der Waals surface area contributed by atoms with Crippen molar-refractivity contribution in [1.29, 1.82) is 0 Å². The summed E-state index contributed by atoms with van der Waals surface area (Å²) in [4.78, 5) is 58.0. The Morgan fingerprint density at radius 3 is 2.11 bits per heavy atom. The fourth-order valence-electron chi connectivity index (χ4n) is 5.55. The van der Waals surface area contributed by atoms with E-state index in [4.69, 9.17) is 49.9 Å². The van der Waals surface area contributed by atoms with E-state index in [1.54, 1.807) is 0 Å². The molecule has 1 saturated carbocycles. The SMILES string of the molecule is COC[C@H]1C[C@@H](NC(=S)CCCCO[C@@H]2O[C@H](COC(C)=O)[C@H](OC(C)=O)[C@H](OC(C)=O)[C@H]2NC(C)=O)[C@@H](OC)C1OP(=O)(O)OC. The largest absolute Gasteiger partial charge is 0.472 e. The summed E-state index contributed by atoms with van der Waals surface area (Å²) in [5, 5.41) is 5.91. The van der Waals surface area contributed by atoms with E-state index in [1.165, 1.54) is 28.1 Å². The Bertz CT molecular complexity index is 1130. The van der Waals surface area contributed by atoms with Crippen LogP contribution in [-0.4, -0.2) is 124 Å². The third kappa shape index (κ3) is 13.3. The van der Waals surface area contributed by atoms with Gasteiger partial charge >= 0.3 is 25.7 Å². The highest BCUT2D eigenvalue weighted by Gasteiger charge is 2.51. The maximum Gasteiger partial charge on any atom is 0.472 e. The van der Waals surface area contributed by atoms with Crippen molar-refractivity contribution < 1.29 is 70.8 Å². The molecular weight excluding hydrogens is 667 g/mol. The lowest BCUT2D eigenvalue weighted by Crippen LogP contribution is -2.66. The van der Waals surface area contributed by atoms with Crippen LogP contribution in [0.2, 0.25) is 0 Å². The highest BCUT2D eigenvalue weighted by Crippen LogP contribution is 2.48. The van der Waals surface area contributed by atoms with Gasteiger partial charge in [0.1, 0.15) is 31.0 Å². The van der Waals surface area contributed by atoms with Crippen molar-refractivity contribution >= 4 is 48.8 Å². The average molecular weight is 715 g/mol. The number of hydrogen-bond donors (Lipinski definition) is 3. The summed E-state index contributed by atoms with van der Waals surface area (Å²) in [6.45, 7) is 4.83. The number of hydrogen-bond acceptors (Lipinski definition) is 15. The third-order valence-corrected chi connectivity index (χ3v) is 8.67. The van der Waals surface area contributed by atoms with Crippen LogP contribution in [0.15, 0.2) is 0 Å². The van der Waals surface area contributed by atoms with E-state index in [2.05, 4.69) is 15.2 Å². The fourth-order valence-corrected chi connectivity index (χ4v) is 6.53. The standard InChI is InChI=1S/C28H47N2O15PS/c1-15(31)29-23-27(43-18(4)34)26(42-17(3)33)21(14-41-16(2)32)44-28(23)40-11-9-8-10-22(47)30-20-12-19(13-37-5)24(25(20)38-6)45-46(35,36)39-7/h19-21,23-28H,8-14H2,1-7H3,(H,29,31)(H,30,47)(H,35,36)/t19-,20-,21-,23-,24?,25-,26+,27-,28-/m1/s1. The van der Waals surface area contributed by atoms with Gasteiger partial charge in [-0.2, -0.15) is 0 Å². The van der Waals surface area contributed by atoms with Crippen LogP contribution in [0.3, 0.4) is 0 Å². The molecule has 2 rings (SSSR count). The quantitative estimate of drug-likeness (QED) is 0.0592. The van der Waals surface area contributed by atoms with E-state index >= 15 is 0 Å². The van der Waals surface area contributed by atoms with Crippen molar-refractivity contribution in [2.45, 2.75) is 102 Å². The average Bonchev–Trinajstić information content (AvgIpc) is 3.28. The van der Waals surface area contributed by atoms with Gasteiger partial charge in [-0.25, -0.2) is 4.57 Å². The molecule has 270 valence electrons. The van der Waals surface area contributed by atoms with Crippen LogP contribution >= 0.6 is 20.0 Å². The van der Waals surface area contributed by atoms with Gasteiger partial charge in [-0.05, 0) is 25.7 Å². The zero-order valence-corrected chi connectivity index (χ0v) is 29.4. The Hall–Kier alpha value is -2.28. The monoisotopic (exact) mass is 714 g/mol. The summed E-state index contributed by atoms with van der Waals surface area (Å²) in [6, 6.07) is -1.38. The molecule has 0 aromatic heterocycles. The number of unbranched alkanes of at least 4 members (excludes halogenated alkanes) is 1. The molecule has 1 amide bonds. The lowest BCUT2D eigenvalue weighted by molar-refractivity contribution is -0.277. The molecular formula is C28H47N2O15PS. The molecule has 0 radical (unpaired) electrons. The molecule has 3 N–H and O–H groups in total. The molecule has 17 nitrogen and oxygen atoms in total. The highest BCUT2D eigenvalue weighted by atomic mass is 32.1. The van der Waals surface area contributed by atoms with Crippen molar-refractivity contribution in [2.24, 2.45) is 5.92 Å². The van der Waals surface area contributed by atoms with Gasteiger partial charge in [-0.1, -0.05) is 12.2 Å². The summed E-state index contributed by atoms with van der Waals surface area (Å²) in [5.74, 6) is -2.76. The fraction of sp³-hybridized carbons (Fsp3) is 0.821. The Balaban J connectivity index is 2.04. The number of nitrogens with one attached hydrogen (secondary N) is 2. The summed E-state index contributed by atoms with van der Waals surface area (Å²) in [7, 11) is -0.217. The van der Waals surface area contributed by atoms with Crippen molar-refractivity contribution in [3.05, 3.63) is 0 Å². The molecule has 2 fully saturated rings. The molecule has 1 aliphatic heterocycles.